The number of carbonyl (C=O) groups is 1. The molecule has 0 saturated heterocycles. The van der Waals surface area contributed by atoms with Crippen LogP contribution in [-0.2, 0) is 0 Å². The van der Waals surface area contributed by atoms with E-state index < -0.39 is 0 Å². The molecule has 222 valence electrons. The first-order valence-corrected chi connectivity index (χ1v) is 15.7. The molecule has 44 heavy (non-hydrogen) atoms. The highest BCUT2D eigenvalue weighted by atomic mass is 16.1. The third kappa shape index (κ3) is 6.81. The molecule has 0 amide bonds. The van der Waals surface area contributed by atoms with Crippen molar-refractivity contribution in [3.8, 4) is 0 Å². The molecule has 0 aliphatic carbocycles. The van der Waals surface area contributed by atoms with Crippen LogP contribution < -0.4 is 14.4 Å². The highest BCUT2D eigenvalue weighted by Gasteiger charge is 2.25. The van der Waals surface area contributed by atoms with Crippen molar-refractivity contribution in [1.82, 2.24) is 0 Å². The lowest BCUT2D eigenvalue weighted by Crippen LogP contribution is -2.37. The predicted molar refractivity (Wildman–Crippen MR) is 188 cm³/mol. The van der Waals surface area contributed by atoms with Gasteiger partial charge in [-0.1, -0.05) is 78.9 Å². The Morgan fingerprint density at radius 1 is 0.614 bits per heavy atom. The second-order valence-corrected chi connectivity index (χ2v) is 10.7. The van der Waals surface area contributed by atoms with Crippen molar-refractivity contribution in [3.05, 3.63) is 138 Å². The number of hydrogen-bond donors (Lipinski definition) is 0. The zero-order valence-electron chi connectivity index (χ0n) is 26.3. The van der Waals surface area contributed by atoms with Gasteiger partial charge in [0, 0.05) is 61.3 Å². The maximum absolute atomic E-state index is 14.1. The minimum Gasteiger partial charge on any atom is -0.372 e. The molecule has 0 aliphatic rings. The second-order valence-electron chi connectivity index (χ2n) is 10.7. The number of hydrogen-bond acceptors (Lipinski definition) is 3. The molecule has 0 fully saturated rings. The van der Waals surface area contributed by atoms with Crippen LogP contribution in [0.4, 0.5) is 11.4 Å². The second kappa shape index (κ2) is 14.5. The number of para-hydroxylation sites is 1. The molecule has 0 spiro atoms. The molecule has 5 rings (SSSR count). The van der Waals surface area contributed by atoms with Crippen LogP contribution in [0.15, 0.2) is 115 Å². The zero-order chi connectivity index (χ0) is 30.9. The van der Waals surface area contributed by atoms with E-state index in [1.807, 2.05) is 53.2 Å². The number of benzene rings is 4. The summed E-state index contributed by atoms with van der Waals surface area (Å²) in [6.07, 6.45) is 8.33. The number of aromatic nitrogens is 1. The van der Waals surface area contributed by atoms with Gasteiger partial charge in [-0.2, -0.15) is 4.57 Å². The number of nitrogens with zero attached hydrogens (tertiary/aromatic N) is 3. The summed E-state index contributed by atoms with van der Waals surface area (Å²) in [5.74, 6) is -0.0230. The van der Waals surface area contributed by atoms with Gasteiger partial charge in [-0.3, -0.25) is 4.79 Å². The topological polar surface area (TPSA) is 27.4 Å². The third-order valence-corrected chi connectivity index (χ3v) is 8.21. The maximum atomic E-state index is 14.1. The number of carbonyl (C=O) groups excluding carboxylic acids is 1. The van der Waals surface area contributed by atoms with Gasteiger partial charge in [-0.15, -0.1) is 0 Å². The summed E-state index contributed by atoms with van der Waals surface area (Å²) >= 11 is 0. The molecular weight excluding hydrogens is 538 g/mol. The van der Waals surface area contributed by atoms with E-state index in [4.69, 9.17) is 0 Å². The first-order chi connectivity index (χ1) is 21.6. The van der Waals surface area contributed by atoms with Gasteiger partial charge in [0.05, 0.1) is 5.39 Å². The molecule has 0 atom stereocenters. The van der Waals surface area contributed by atoms with Crippen molar-refractivity contribution in [2.45, 2.75) is 27.7 Å². The Kier molecular flexibility index (Phi) is 10.0. The minimum atomic E-state index is -0.0230. The third-order valence-electron chi connectivity index (χ3n) is 8.21. The minimum absolute atomic E-state index is 0.0230. The van der Waals surface area contributed by atoms with Gasteiger partial charge in [0.2, 0.25) is 5.52 Å². The van der Waals surface area contributed by atoms with E-state index in [2.05, 4.69) is 122 Å². The van der Waals surface area contributed by atoms with E-state index in [1.54, 1.807) is 0 Å². The summed E-state index contributed by atoms with van der Waals surface area (Å²) in [6, 6.07) is 37.1. The van der Waals surface area contributed by atoms with Crippen LogP contribution in [0, 0.1) is 0 Å². The van der Waals surface area contributed by atoms with Gasteiger partial charge in [-0.05, 0) is 74.7 Å². The number of pyridine rings is 1. The van der Waals surface area contributed by atoms with Crippen molar-refractivity contribution in [2.24, 2.45) is 0 Å². The summed E-state index contributed by atoms with van der Waals surface area (Å²) in [5.41, 5.74) is 7.88. The number of anilines is 2. The molecule has 0 bridgehead atoms. The fourth-order valence-electron chi connectivity index (χ4n) is 5.69. The van der Waals surface area contributed by atoms with Crippen molar-refractivity contribution < 1.29 is 9.36 Å². The number of rotatable bonds is 12. The maximum Gasteiger partial charge on any atom is 0.260 e. The van der Waals surface area contributed by atoms with Crippen molar-refractivity contribution in [3.63, 3.8) is 0 Å². The van der Waals surface area contributed by atoms with Gasteiger partial charge >= 0.3 is 0 Å². The Bertz CT molecular complexity index is 1750. The lowest BCUT2D eigenvalue weighted by molar-refractivity contribution is -0.546. The van der Waals surface area contributed by atoms with Crippen LogP contribution in [0.25, 0.3) is 34.8 Å². The van der Waals surface area contributed by atoms with E-state index in [9.17, 15) is 4.79 Å². The van der Waals surface area contributed by atoms with Crippen LogP contribution in [-0.4, -0.2) is 32.0 Å². The molecule has 4 heteroatoms. The summed E-state index contributed by atoms with van der Waals surface area (Å²) in [4.78, 5) is 18.7. The van der Waals surface area contributed by atoms with Gasteiger partial charge < -0.3 is 9.80 Å². The Morgan fingerprint density at radius 2 is 1.16 bits per heavy atom. The van der Waals surface area contributed by atoms with E-state index in [-0.39, 0.29) is 5.78 Å². The van der Waals surface area contributed by atoms with E-state index in [1.165, 1.54) is 11.4 Å². The summed E-state index contributed by atoms with van der Waals surface area (Å²) < 4.78 is 2.03. The first kappa shape index (κ1) is 30.5. The zero-order valence-corrected chi connectivity index (χ0v) is 26.3. The smallest absolute Gasteiger partial charge is 0.260 e. The normalized spacial score (nSPS) is 11.7. The Balaban J connectivity index is 1.55. The molecule has 4 nitrogen and oxygen atoms in total. The number of Topliss-reactive ketones (excluding diaryl/α,β-unsaturated/α-hetero) is 1. The molecule has 0 saturated carbocycles. The Hall–Kier alpha value is -4.96. The van der Waals surface area contributed by atoms with Crippen LogP contribution >= 0.6 is 0 Å². The molecule has 1 aromatic heterocycles. The van der Waals surface area contributed by atoms with Gasteiger partial charge in [-0.25, -0.2) is 0 Å². The molecule has 0 aliphatic heterocycles. The quantitative estimate of drug-likeness (QED) is 0.0838. The van der Waals surface area contributed by atoms with Crippen LogP contribution in [0.3, 0.4) is 0 Å². The summed E-state index contributed by atoms with van der Waals surface area (Å²) in [7, 11) is 0. The number of ketones is 1. The number of fused-ring (bicyclic) bond motifs is 1. The average Bonchev–Trinajstić information content (AvgIpc) is 3.08. The van der Waals surface area contributed by atoms with Gasteiger partial charge in [0.15, 0.2) is 6.20 Å². The van der Waals surface area contributed by atoms with Gasteiger partial charge in [0.25, 0.3) is 11.5 Å². The molecule has 0 unspecified atom stereocenters. The molecule has 0 N–H and O–H groups in total. The summed E-state index contributed by atoms with van der Waals surface area (Å²) in [5, 5.41) is 1.08. The highest BCUT2D eigenvalue weighted by Crippen LogP contribution is 2.23. The largest absolute Gasteiger partial charge is 0.372 e. The van der Waals surface area contributed by atoms with Crippen molar-refractivity contribution in [2.75, 3.05) is 36.0 Å². The predicted octanol–water partition coefficient (Wildman–Crippen LogP) is 8.87. The van der Waals surface area contributed by atoms with E-state index >= 15 is 0 Å². The van der Waals surface area contributed by atoms with Crippen molar-refractivity contribution >= 4 is 52.0 Å². The molecule has 1 heterocycles. The van der Waals surface area contributed by atoms with Crippen LogP contribution in [0.5, 0.6) is 0 Å². The lowest BCUT2D eigenvalue weighted by Gasteiger charge is -2.20. The monoisotopic (exact) mass is 580 g/mol. The molecule has 0 radical (unpaired) electrons. The van der Waals surface area contributed by atoms with E-state index in [0.717, 1.165) is 53.8 Å². The fraction of sp³-hybridized carbons (Fsp3) is 0.200. The van der Waals surface area contributed by atoms with Crippen LogP contribution in [0.1, 0.15) is 54.7 Å². The van der Waals surface area contributed by atoms with Crippen LogP contribution in [0.2, 0.25) is 0 Å². The number of allylic oxidation sites excluding steroid dienone is 1. The molecule has 5 aromatic rings. The lowest BCUT2D eigenvalue weighted by atomic mass is 10.0. The first-order valence-electron chi connectivity index (χ1n) is 15.7. The highest BCUT2D eigenvalue weighted by molar-refractivity contribution is 6.25. The molecule has 4 aromatic carbocycles. The van der Waals surface area contributed by atoms with E-state index in [0.29, 0.717) is 11.3 Å². The average molecular weight is 581 g/mol. The van der Waals surface area contributed by atoms with Crippen molar-refractivity contribution in [1.29, 1.82) is 0 Å². The fourth-order valence-corrected chi connectivity index (χ4v) is 5.69. The Morgan fingerprint density at radius 3 is 1.75 bits per heavy atom. The SMILES string of the molecule is CCN(CC)c1ccc(/C=C/c2cc[n+](/C(=C/c3ccc(N(CC)CC)cc3)C(=O)c3ccccc3)c3ccccc23)cc1. The standard InChI is InChI=1S/C40H42N3O/c1-5-41(6-2)35-24-19-31(20-25-35)18-23-33-28-29-43(38-17-13-12-16-37(33)38)39(40(44)34-14-10-9-11-15-34)30-32-21-26-36(27-22-32)42(7-3)8-4/h9-30H,5-8H2,1-4H3/q+1/b39-30+. The van der Waals surface area contributed by atoms with Gasteiger partial charge in [0.1, 0.15) is 0 Å². The summed E-state index contributed by atoms with van der Waals surface area (Å²) in [6.45, 7) is 12.6. The Labute approximate surface area is 262 Å². The molecular formula is C40H42N3O+.